The number of unbranched alkanes of at least 4 members (excludes halogenated alkanes) is 3. The van der Waals surface area contributed by atoms with Gasteiger partial charge in [-0.2, -0.15) is 0 Å². The lowest BCUT2D eigenvalue weighted by atomic mass is 10.1. The van der Waals surface area contributed by atoms with Gasteiger partial charge in [0, 0.05) is 54.2 Å². The van der Waals surface area contributed by atoms with Gasteiger partial charge in [0.1, 0.15) is 50.0 Å². The molecular weight excluding hydrogens is 763 g/mol. The van der Waals surface area contributed by atoms with Gasteiger partial charge >= 0.3 is 0 Å². The minimum Gasteiger partial charge on any atom is -0.744 e. The highest BCUT2D eigenvalue weighted by Crippen LogP contribution is 2.29. The van der Waals surface area contributed by atoms with Crippen molar-refractivity contribution in [3.05, 3.63) is 121 Å². The van der Waals surface area contributed by atoms with E-state index in [0.29, 0.717) is 18.2 Å². The molecular formula is C40H53N3O9S3. The first-order valence-electron chi connectivity index (χ1n) is 18.1. The standard InChI is InChI=1S/3C10H16N.C10H8O9S3/c3*1-3-4-7-11-8-5-6-10(2)9-11;11-20(12,13)7-1-2-9-6(3-7)4-8(21(14,15)16)5-10(9)22(17,18)19/h3*5-6,8-9H,3-4,7H2,1-2H3;1-5H,(H,11,12,13)(H,14,15,16)(H,17,18,19)/q3*+1;/p-3. The van der Waals surface area contributed by atoms with Crippen molar-refractivity contribution >= 4 is 41.1 Å². The normalized spacial score (nSPS) is 11.4. The fourth-order valence-electron chi connectivity index (χ4n) is 5.19. The zero-order valence-corrected chi connectivity index (χ0v) is 34.9. The fourth-order valence-corrected chi connectivity index (χ4v) is 7.03. The molecule has 0 aliphatic carbocycles. The minimum atomic E-state index is -5.14. The van der Waals surface area contributed by atoms with E-state index >= 15 is 0 Å². The molecule has 0 spiro atoms. The molecule has 0 N–H and O–H groups in total. The van der Waals surface area contributed by atoms with Crippen molar-refractivity contribution in [2.75, 3.05) is 0 Å². The number of rotatable bonds is 12. The molecule has 55 heavy (non-hydrogen) atoms. The average Bonchev–Trinajstić information content (AvgIpc) is 3.11. The summed E-state index contributed by atoms with van der Waals surface area (Å²) in [6, 6.07) is 16.1. The number of nitrogens with zero attached hydrogens (tertiary/aromatic N) is 3. The van der Waals surface area contributed by atoms with Gasteiger partial charge in [0.05, 0.1) is 14.7 Å². The SMILES string of the molecule is CCCC[n+]1cccc(C)c1.CCCC[n+]1cccc(C)c1.CCCC[n+]1cccc(C)c1.O=S(=O)([O-])c1ccc2c(S(=O)(=O)[O-])cc(S(=O)(=O)[O-])cc2c1. The molecule has 5 rings (SSSR count). The summed E-state index contributed by atoms with van der Waals surface area (Å²) < 4.78 is 106. The molecule has 0 amide bonds. The highest BCUT2D eigenvalue weighted by atomic mass is 32.2. The predicted octanol–water partition coefficient (Wildman–Crippen LogP) is 5.80. The zero-order chi connectivity index (χ0) is 41.2. The Morgan fingerprint density at radius 1 is 0.491 bits per heavy atom. The van der Waals surface area contributed by atoms with Crippen LogP contribution in [0.4, 0.5) is 0 Å². The Bertz CT molecular complexity index is 2190. The maximum Gasteiger partial charge on any atom is 0.171 e. The van der Waals surface area contributed by atoms with E-state index in [0.717, 1.165) is 31.8 Å². The molecule has 3 aromatic heterocycles. The van der Waals surface area contributed by atoms with E-state index in [-0.39, 0.29) is 10.8 Å². The molecule has 15 heteroatoms. The molecule has 0 atom stereocenters. The van der Waals surface area contributed by atoms with Crippen LogP contribution in [-0.4, -0.2) is 38.9 Å². The molecule has 5 aromatic rings. The van der Waals surface area contributed by atoms with Crippen molar-refractivity contribution in [3.63, 3.8) is 0 Å². The monoisotopic (exact) mass is 815 g/mol. The molecule has 0 radical (unpaired) electrons. The smallest absolute Gasteiger partial charge is 0.171 e. The van der Waals surface area contributed by atoms with Gasteiger partial charge in [0.2, 0.25) is 0 Å². The Morgan fingerprint density at radius 3 is 1.16 bits per heavy atom. The molecule has 12 nitrogen and oxygen atoms in total. The summed E-state index contributed by atoms with van der Waals surface area (Å²) in [6.45, 7) is 16.5. The van der Waals surface area contributed by atoms with E-state index in [1.54, 1.807) is 0 Å². The first-order chi connectivity index (χ1) is 25.8. The fraction of sp³-hybridized carbons (Fsp3) is 0.375. The van der Waals surface area contributed by atoms with Gasteiger partial charge in [0.25, 0.3) is 0 Å². The topological polar surface area (TPSA) is 183 Å². The van der Waals surface area contributed by atoms with Crippen LogP contribution in [0.2, 0.25) is 0 Å². The van der Waals surface area contributed by atoms with E-state index in [1.807, 2.05) is 0 Å². The second kappa shape index (κ2) is 22.4. The predicted molar refractivity (Wildman–Crippen MR) is 207 cm³/mol. The highest BCUT2D eigenvalue weighted by molar-refractivity contribution is 7.86. The van der Waals surface area contributed by atoms with Crippen molar-refractivity contribution < 1.29 is 52.6 Å². The summed E-state index contributed by atoms with van der Waals surface area (Å²) in [7, 11) is -15.1. The Kier molecular flexibility index (Phi) is 19.2. The molecule has 0 unspecified atom stereocenters. The molecule has 0 saturated carbocycles. The molecule has 2 aromatic carbocycles. The first-order valence-corrected chi connectivity index (χ1v) is 22.3. The summed E-state index contributed by atoms with van der Waals surface area (Å²) in [5.41, 5.74) is 4.01. The Balaban J connectivity index is 0.000000270. The molecule has 0 fully saturated rings. The van der Waals surface area contributed by atoms with Gasteiger partial charge in [-0.05, 0) is 74.0 Å². The Morgan fingerprint density at radius 2 is 0.855 bits per heavy atom. The quantitative estimate of drug-likeness (QED) is 0.111. The van der Waals surface area contributed by atoms with E-state index in [4.69, 9.17) is 0 Å². The van der Waals surface area contributed by atoms with Crippen LogP contribution in [0.3, 0.4) is 0 Å². The van der Waals surface area contributed by atoms with Crippen LogP contribution in [0.1, 0.15) is 76.0 Å². The third kappa shape index (κ3) is 17.5. The van der Waals surface area contributed by atoms with Crippen molar-refractivity contribution in [3.8, 4) is 0 Å². The Hall–Kier alpha value is -4.12. The van der Waals surface area contributed by atoms with Crippen LogP contribution in [-0.2, 0) is 50.0 Å². The van der Waals surface area contributed by atoms with Crippen LogP contribution in [0.25, 0.3) is 10.8 Å². The van der Waals surface area contributed by atoms with Gasteiger partial charge < -0.3 is 13.7 Å². The summed E-state index contributed by atoms with van der Waals surface area (Å²) >= 11 is 0. The van der Waals surface area contributed by atoms with Gasteiger partial charge in [-0.15, -0.1) is 0 Å². The van der Waals surface area contributed by atoms with E-state index < -0.39 is 45.0 Å². The summed E-state index contributed by atoms with van der Waals surface area (Å²) in [4.78, 5) is -2.81. The average molecular weight is 816 g/mol. The Labute approximate surface area is 327 Å². The second-order valence-corrected chi connectivity index (χ2v) is 17.2. The molecule has 0 aliphatic heterocycles. The molecule has 0 saturated heterocycles. The van der Waals surface area contributed by atoms with E-state index in [9.17, 15) is 38.9 Å². The van der Waals surface area contributed by atoms with Crippen molar-refractivity contribution in [2.45, 2.75) is 114 Å². The number of aryl methyl sites for hydroxylation is 6. The zero-order valence-electron chi connectivity index (χ0n) is 32.4. The first kappa shape index (κ1) is 47.0. The van der Waals surface area contributed by atoms with E-state index in [2.05, 4.69) is 129 Å². The molecule has 3 heterocycles. The molecule has 0 aliphatic rings. The lowest BCUT2D eigenvalue weighted by Gasteiger charge is -2.16. The van der Waals surface area contributed by atoms with Crippen LogP contribution < -0.4 is 13.7 Å². The summed E-state index contributed by atoms with van der Waals surface area (Å²) in [5, 5.41) is -0.668. The number of hydrogen-bond donors (Lipinski definition) is 0. The van der Waals surface area contributed by atoms with Gasteiger partial charge in [-0.3, -0.25) is 0 Å². The van der Waals surface area contributed by atoms with Crippen molar-refractivity contribution in [1.82, 2.24) is 0 Å². The van der Waals surface area contributed by atoms with Gasteiger partial charge in [-0.1, -0.05) is 46.1 Å². The highest BCUT2D eigenvalue weighted by Gasteiger charge is 2.14. The number of pyridine rings is 3. The van der Waals surface area contributed by atoms with Crippen LogP contribution in [0, 0.1) is 20.8 Å². The van der Waals surface area contributed by atoms with Crippen LogP contribution in [0.5, 0.6) is 0 Å². The van der Waals surface area contributed by atoms with Gasteiger partial charge in [0.15, 0.2) is 37.2 Å². The van der Waals surface area contributed by atoms with Crippen molar-refractivity contribution in [2.24, 2.45) is 0 Å². The van der Waals surface area contributed by atoms with Crippen LogP contribution in [0.15, 0.2) is 119 Å². The molecule has 0 bridgehead atoms. The minimum absolute atomic E-state index is 0.310. The maximum atomic E-state index is 11.2. The lowest BCUT2D eigenvalue weighted by Crippen LogP contribution is -2.32. The third-order valence-corrected chi connectivity index (χ3v) is 10.6. The van der Waals surface area contributed by atoms with Crippen LogP contribution >= 0.6 is 0 Å². The van der Waals surface area contributed by atoms with Gasteiger partial charge in [-0.25, -0.2) is 39.0 Å². The number of fused-ring (bicyclic) bond motifs is 1. The second-order valence-electron chi connectivity index (χ2n) is 13.1. The summed E-state index contributed by atoms with van der Waals surface area (Å²) in [6.07, 6.45) is 20.6. The number of benzene rings is 2. The number of hydrogen-bond acceptors (Lipinski definition) is 9. The maximum absolute atomic E-state index is 11.2. The number of aromatic nitrogens is 3. The summed E-state index contributed by atoms with van der Waals surface area (Å²) in [5.74, 6) is 0. The largest absolute Gasteiger partial charge is 0.744 e. The molecule has 300 valence electrons. The van der Waals surface area contributed by atoms with Crippen molar-refractivity contribution in [1.29, 1.82) is 0 Å². The lowest BCUT2D eigenvalue weighted by molar-refractivity contribution is -0.697. The van der Waals surface area contributed by atoms with E-state index in [1.165, 1.54) is 55.2 Å². The third-order valence-electron chi connectivity index (χ3n) is 8.03.